The molecule has 2 heterocycles. The third-order valence-corrected chi connectivity index (χ3v) is 6.97. The number of anilines is 2. The van der Waals surface area contributed by atoms with Crippen LogP contribution in [0.15, 0.2) is 18.3 Å². The van der Waals surface area contributed by atoms with E-state index in [2.05, 4.69) is 44.4 Å². The Balaban J connectivity index is 2.22. The molecule has 1 saturated heterocycles. The molecule has 1 aromatic heterocycles. The van der Waals surface area contributed by atoms with Crippen molar-refractivity contribution in [2.24, 2.45) is 0 Å². The molecule has 1 unspecified atom stereocenters. The average molecular weight is 374 g/mol. The molecule has 0 amide bonds. The first-order valence-electron chi connectivity index (χ1n) is 6.36. The zero-order valence-electron chi connectivity index (χ0n) is 11.9. The second-order valence-electron chi connectivity index (χ2n) is 5.17. The van der Waals surface area contributed by atoms with Crippen LogP contribution >= 0.6 is 18.9 Å². The smallest absolute Gasteiger partial charge is 0.123 e. The molecule has 106 valence electrons. The Kier molecular flexibility index (Phi) is 4.67. The van der Waals surface area contributed by atoms with Crippen molar-refractivity contribution in [3.05, 3.63) is 18.3 Å². The van der Waals surface area contributed by atoms with Crippen molar-refractivity contribution in [3.8, 4) is 0 Å². The van der Waals surface area contributed by atoms with Gasteiger partial charge in [0.1, 0.15) is 5.82 Å². The Hall–Kier alpha value is -0.820. The van der Waals surface area contributed by atoms with Gasteiger partial charge in [-0.1, -0.05) is 4.51 Å². The molecule has 1 atom stereocenters. The molecule has 1 aromatic rings. The number of nitrogens with two attached hydrogens (primary N) is 1. The number of hydrogen-bond donors (Lipinski definition) is 1. The number of piperidine rings is 1. The van der Waals surface area contributed by atoms with Crippen LogP contribution in [0.25, 0.3) is 0 Å². The quantitative estimate of drug-likeness (QED) is 0.630. The minimum absolute atomic E-state index is 0.581. The second kappa shape index (κ2) is 6.09. The minimum Gasteiger partial charge on any atom is -0.384 e. The van der Waals surface area contributed by atoms with Crippen molar-refractivity contribution < 1.29 is 0 Å². The highest BCUT2D eigenvalue weighted by molar-refractivity contribution is 14.2. The van der Waals surface area contributed by atoms with E-state index in [1.54, 1.807) is 3.51 Å². The average Bonchev–Trinajstić information content (AvgIpc) is 2.38. The van der Waals surface area contributed by atoms with E-state index in [1.165, 1.54) is 12.1 Å². The first-order valence-corrected chi connectivity index (χ1v) is 11.1. The molecule has 5 heteroatoms. The van der Waals surface area contributed by atoms with Gasteiger partial charge in [0.2, 0.25) is 0 Å². The predicted octanol–water partition coefficient (Wildman–Crippen LogP) is 1.54. The molecule has 0 saturated carbocycles. The van der Waals surface area contributed by atoms with Crippen LogP contribution in [0.3, 0.4) is 0 Å². The summed E-state index contributed by atoms with van der Waals surface area (Å²) in [6.07, 6.45) is 3.05. The maximum Gasteiger partial charge on any atom is 0.123 e. The van der Waals surface area contributed by atoms with Gasteiger partial charge in [0.25, 0.3) is 0 Å². The number of hydrogen-bond acceptors (Lipinski definition) is 4. The number of nitrogens with zero attached hydrogens (tertiary/aromatic N) is 3. The fourth-order valence-corrected chi connectivity index (χ4v) is 5.55. The Morgan fingerprint density at radius 3 is 2.74 bits per heavy atom. The van der Waals surface area contributed by atoms with Crippen molar-refractivity contribution in [3.63, 3.8) is 0 Å². The van der Waals surface area contributed by atoms with E-state index in [0.717, 1.165) is 13.1 Å². The lowest BCUT2D eigenvalue weighted by Crippen LogP contribution is -2.49. The standard InChI is InChI=1S/C14H23IN4/c1-15(2)12-10-19(8-7-13(12)18(3)4)11-5-6-14(16)17-9-11/h5-6,9,13H,1,7-8,10H2,2-4H3,(H2,16,17). The van der Waals surface area contributed by atoms with E-state index in [9.17, 15) is 0 Å². The fourth-order valence-electron chi connectivity index (χ4n) is 2.46. The van der Waals surface area contributed by atoms with Gasteiger partial charge in [0, 0.05) is 19.1 Å². The van der Waals surface area contributed by atoms with Crippen LogP contribution in [0.5, 0.6) is 0 Å². The third kappa shape index (κ3) is 3.39. The second-order valence-corrected chi connectivity index (χ2v) is 9.92. The normalized spacial score (nSPS) is 23.7. The molecule has 19 heavy (non-hydrogen) atoms. The number of rotatable bonds is 2. The summed E-state index contributed by atoms with van der Waals surface area (Å²) in [6, 6.07) is 4.54. The van der Waals surface area contributed by atoms with E-state index in [-0.39, 0.29) is 0 Å². The monoisotopic (exact) mass is 374 g/mol. The molecule has 0 aliphatic carbocycles. The Morgan fingerprint density at radius 2 is 2.21 bits per heavy atom. The summed E-state index contributed by atoms with van der Waals surface area (Å²) in [7, 11) is 4.34. The van der Waals surface area contributed by atoms with Crippen molar-refractivity contribution in [1.29, 1.82) is 0 Å². The Morgan fingerprint density at radius 1 is 1.47 bits per heavy atom. The van der Waals surface area contributed by atoms with Crippen molar-refractivity contribution in [1.82, 2.24) is 9.88 Å². The lowest BCUT2D eigenvalue weighted by atomic mass is 10.0. The lowest BCUT2D eigenvalue weighted by molar-refractivity contribution is 0.340. The maximum atomic E-state index is 5.65. The molecule has 0 aromatic carbocycles. The molecule has 0 bridgehead atoms. The van der Waals surface area contributed by atoms with Crippen LogP contribution in [-0.4, -0.2) is 56.1 Å². The van der Waals surface area contributed by atoms with Crippen LogP contribution in [0, 0.1) is 0 Å². The summed E-state index contributed by atoms with van der Waals surface area (Å²) < 4.78 is 6.02. The molecule has 1 aliphatic heterocycles. The van der Waals surface area contributed by atoms with E-state index >= 15 is 0 Å². The number of aromatic nitrogens is 1. The SMILES string of the molecule is C=I(C)=C1CN(c2ccc(N)nc2)CCC1N(C)C. The number of alkyl halides is 1. The first-order chi connectivity index (χ1) is 8.99. The molecular formula is C14H23IN4. The molecule has 0 spiro atoms. The number of nitrogen functional groups attached to an aromatic ring is 1. The van der Waals surface area contributed by atoms with Crippen molar-refractivity contribution in [2.75, 3.05) is 42.7 Å². The molecule has 4 nitrogen and oxygen atoms in total. The zero-order valence-corrected chi connectivity index (χ0v) is 14.1. The van der Waals surface area contributed by atoms with E-state index < -0.39 is 18.9 Å². The molecule has 2 rings (SSSR count). The van der Waals surface area contributed by atoms with Gasteiger partial charge in [0.15, 0.2) is 0 Å². The summed E-state index contributed by atoms with van der Waals surface area (Å²) in [6.45, 7) is 2.10. The lowest BCUT2D eigenvalue weighted by Gasteiger charge is -2.38. The van der Waals surface area contributed by atoms with Crippen molar-refractivity contribution >= 4 is 38.4 Å². The van der Waals surface area contributed by atoms with Gasteiger partial charge in [0.05, 0.1) is 11.9 Å². The van der Waals surface area contributed by atoms with Crippen LogP contribution in [0.4, 0.5) is 11.5 Å². The number of halogens is 1. The van der Waals surface area contributed by atoms with Gasteiger partial charge in [-0.15, -0.1) is 0 Å². The van der Waals surface area contributed by atoms with Crippen LogP contribution in [-0.2, 0) is 0 Å². The van der Waals surface area contributed by atoms with Gasteiger partial charge in [-0.2, -0.15) is 18.9 Å². The fraction of sp³-hybridized carbons (Fsp3) is 0.500. The molecule has 1 aliphatic rings. The summed E-state index contributed by atoms with van der Waals surface area (Å²) in [5, 5.41) is 0. The van der Waals surface area contributed by atoms with Crippen LogP contribution in [0.1, 0.15) is 6.42 Å². The van der Waals surface area contributed by atoms with Crippen molar-refractivity contribution in [2.45, 2.75) is 12.5 Å². The molecule has 0 radical (unpaired) electrons. The Labute approximate surface area is 122 Å². The molecular weight excluding hydrogens is 351 g/mol. The Bertz CT molecular complexity index is 515. The summed E-state index contributed by atoms with van der Waals surface area (Å²) in [4.78, 5) is 11.3. The summed E-state index contributed by atoms with van der Waals surface area (Å²) in [5.74, 6) is 0.581. The van der Waals surface area contributed by atoms with Gasteiger partial charge in [-0.05, 0) is 41.1 Å². The van der Waals surface area contributed by atoms with Gasteiger partial charge < -0.3 is 15.5 Å². The summed E-state index contributed by atoms with van der Waals surface area (Å²) in [5.41, 5.74) is 6.82. The van der Waals surface area contributed by atoms with Crippen LogP contribution in [0.2, 0.25) is 0 Å². The zero-order chi connectivity index (χ0) is 14.0. The third-order valence-electron chi connectivity index (χ3n) is 3.55. The van der Waals surface area contributed by atoms with Crippen LogP contribution < -0.4 is 10.6 Å². The van der Waals surface area contributed by atoms with E-state index in [1.807, 2.05) is 12.3 Å². The first kappa shape index (κ1) is 14.6. The van der Waals surface area contributed by atoms with E-state index in [0.29, 0.717) is 11.9 Å². The maximum absolute atomic E-state index is 5.65. The predicted molar refractivity (Wildman–Crippen MR) is 95.0 cm³/mol. The highest BCUT2D eigenvalue weighted by atomic mass is 127. The largest absolute Gasteiger partial charge is 0.384 e. The molecule has 2 N–H and O–H groups in total. The minimum atomic E-state index is -1.17. The number of pyridine rings is 1. The highest BCUT2D eigenvalue weighted by Gasteiger charge is 2.25. The summed E-state index contributed by atoms with van der Waals surface area (Å²) >= 11 is -1.17. The van der Waals surface area contributed by atoms with E-state index in [4.69, 9.17) is 5.73 Å². The highest BCUT2D eigenvalue weighted by Crippen LogP contribution is 2.24. The van der Waals surface area contributed by atoms with Gasteiger partial charge in [-0.25, -0.2) is 4.98 Å². The van der Waals surface area contributed by atoms with Gasteiger partial charge in [-0.3, -0.25) is 0 Å². The molecule has 1 fully saturated rings. The van der Waals surface area contributed by atoms with Gasteiger partial charge >= 0.3 is 0 Å². The topological polar surface area (TPSA) is 45.4 Å².